The average Bonchev–Trinajstić information content (AvgIpc) is 2.53. The number of nitrogens with zero attached hydrogens (tertiary/aromatic N) is 1. The van der Waals surface area contributed by atoms with Crippen LogP contribution in [0.1, 0.15) is 37.5 Å². The molecule has 3 nitrogen and oxygen atoms in total. The third kappa shape index (κ3) is 5.82. The van der Waals surface area contributed by atoms with Gasteiger partial charge in [-0.3, -0.25) is 9.69 Å². The normalized spacial score (nSPS) is 11.5. The maximum Gasteiger partial charge on any atom is 0.234 e. The molecule has 2 aromatic rings. The molecule has 128 valence electrons. The molecule has 0 saturated carbocycles. The lowest BCUT2D eigenvalue weighted by Gasteiger charge is -2.20. The van der Waals surface area contributed by atoms with Crippen molar-refractivity contribution in [1.29, 1.82) is 0 Å². The van der Waals surface area contributed by atoms with Crippen LogP contribution < -0.4 is 5.32 Å². The Kier molecular flexibility index (Phi) is 6.16. The quantitative estimate of drug-likeness (QED) is 0.878. The zero-order chi connectivity index (χ0) is 17.6. The second-order valence-electron chi connectivity index (χ2n) is 7.38. The van der Waals surface area contributed by atoms with Crippen LogP contribution in [0.2, 0.25) is 0 Å². The fourth-order valence-electron chi connectivity index (χ4n) is 2.58. The molecule has 0 saturated heterocycles. The molecule has 0 atom stereocenters. The van der Waals surface area contributed by atoms with E-state index in [1.807, 2.05) is 42.3 Å². The summed E-state index contributed by atoms with van der Waals surface area (Å²) in [6.45, 7) is 8.38. The highest BCUT2D eigenvalue weighted by Gasteiger charge is 2.13. The molecule has 2 aromatic carbocycles. The summed E-state index contributed by atoms with van der Waals surface area (Å²) >= 11 is 0. The van der Waals surface area contributed by atoms with Crippen molar-refractivity contribution in [3.8, 4) is 0 Å². The first kappa shape index (κ1) is 18.2. The number of hydrogen-bond acceptors (Lipinski definition) is 2. The van der Waals surface area contributed by atoms with E-state index < -0.39 is 0 Å². The third-order valence-corrected chi connectivity index (χ3v) is 4.02. The molecule has 0 aliphatic carbocycles. The summed E-state index contributed by atoms with van der Waals surface area (Å²) in [6, 6.07) is 18.6. The van der Waals surface area contributed by atoms with Crippen LogP contribution in [0.5, 0.6) is 0 Å². The van der Waals surface area contributed by atoms with Crippen molar-refractivity contribution in [2.75, 3.05) is 13.6 Å². The number of rotatable bonds is 6. The first-order valence-electron chi connectivity index (χ1n) is 8.43. The number of amides is 1. The number of likely N-dealkylation sites (N-methyl/N-ethyl adjacent to an activating group) is 1. The minimum atomic E-state index is 0.0488. The summed E-state index contributed by atoms with van der Waals surface area (Å²) < 4.78 is 0. The van der Waals surface area contributed by atoms with Gasteiger partial charge in [-0.1, -0.05) is 75.4 Å². The van der Waals surface area contributed by atoms with E-state index >= 15 is 0 Å². The molecule has 1 amide bonds. The second-order valence-corrected chi connectivity index (χ2v) is 7.38. The summed E-state index contributed by atoms with van der Waals surface area (Å²) in [5.74, 6) is 0.0488. The predicted octanol–water partition coefficient (Wildman–Crippen LogP) is 3.73. The zero-order valence-electron chi connectivity index (χ0n) is 15.2. The van der Waals surface area contributed by atoms with Gasteiger partial charge < -0.3 is 5.32 Å². The monoisotopic (exact) mass is 324 g/mol. The van der Waals surface area contributed by atoms with E-state index in [1.165, 1.54) is 11.1 Å². The highest BCUT2D eigenvalue weighted by Crippen LogP contribution is 2.22. The van der Waals surface area contributed by atoms with Gasteiger partial charge in [-0.15, -0.1) is 0 Å². The van der Waals surface area contributed by atoms with E-state index in [0.717, 1.165) is 12.1 Å². The maximum atomic E-state index is 12.0. The molecule has 1 N–H and O–H groups in total. The molecule has 24 heavy (non-hydrogen) atoms. The van der Waals surface area contributed by atoms with Crippen molar-refractivity contribution < 1.29 is 4.79 Å². The SMILES string of the molecule is CN(CC(=O)NCc1ccccc1)Cc1ccc(C(C)(C)C)cc1. The van der Waals surface area contributed by atoms with Crippen LogP contribution in [0.4, 0.5) is 0 Å². The highest BCUT2D eigenvalue weighted by molar-refractivity contribution is 5.77. The summed E-state index contributed by atoms with van der Waals surface area (Å²) in [7, 11) is 1.97. The standard InChI is InChI=1S/C21H28N2O/c1-21(2,3)19-12-10-18(11-13-19)15-23(4)16-20(24)22-14-17-8-6-5-7-9-17/h5-13H,14-16H2,1-4H3,(H,22,24). The van der Waals surface area contributed by atoms with Gasteiger partial charge in [0.05, 0.1) is 6.54 Å². The lowest BCUT2D eigenvalue weighted by atomic mass is 9.87. The molecule has 0 heterocycles. The Balaban J connectivity index is 1.80. The molecule has 0 unspecified atom stereocenters. The lowest BCUT2D eigenvalue weighted by molar-refractivity contribution is -0.122. The molecule has 0 aliphatic heterocycles. The Morgan fingerprint density at radius 2 is 1.58 bits per heavy atom. The van der Waals surface area contributed by atoms with E-state index in [0.29, 0.717) is 13.1 Å². The fourth-order valence-corrected chi connectivity index (χ4v) is 2.58. The first-order chi connectivity index (χ1) is 11.3. The Hall–Kier alpha value is -2.13. The maximum absolute atomic E-state index is 12.0. The van der Waals surface area contributed by atoms with E-state index in [4.69, 9.17) is 0 Å². The number of nitrogens with one attached hydrogen (secondary N) is 1. The van der Waals surface area contributed by atoms with Gasteiger partial charge in [0.15, 0.2) is 0 Å². The molecule has 0 spiro atoms. The number of benzene rings is 2. The van der Waals surface area contributed by atoms with Gasteiger partial charge in [0.25, 0.3) is 0 Å². The highest BCUT2D eigenvalue weighted by atomic mass is 16.2. The summed E-state index contributed by atoms with van der Waals surface area (Å²) in [5.41, 5.74) is 3.84. The fraction of sp³-hybridized carbons (Fsp3) is 0.381. The van der Waals surface area contributed by atoms with Crippen LogP contribution in [-0.2, 0) is 23.3 Å². The lowest BCUT2D eigenvalue weighted by Crippen LogP contribution is -2.34. The molecule has 2 rings (SSSR count). The molecule has 0 fully saturated rings. The topological polar surface area (TPSA) is 32.3 Å². The van der Waals surface area contributed by atoms with Crippen LogP contribution in [0, 0.1) is 0 Å². The van der Waals surface area contributed by atoms with Crippen molar-refractivity contribution in [3.63, 3.8) is 0 Å². The van der Waals surface area contributed by atoms with Crippen molar-refractivity contribution in [1.82, 2.24) is 10.2 Å². The molecular weight excluding hydrogens is 296 g/mol. The average molecular weight is 324 g/mol. The molecular formula is C21H28N2O. The van der Waals surface area contributed by atoms with Crippen LogP contribution >= 0.6 is 0 Å². The van der Waals surface area contributed by atoms with Crippen LogP contribution in [0.15, 0.2) is 54.6 Å². The zero-order valence-corrected chi connectivity index (χ0v) is 15.2. The number of carbonyl (C=O) groups excluding carboxylic acids is 1. The van der Waals surface area contributed by atoms with Gasteiger partial charge in [-0.25, -0.2) is 0 Å². The van der Waals surface area contributed by atoms with Gasteiger partial charge in [-0.05, 0) is 29.2 Å². The van der Waals surface area contributed by atoms with Crippen LogP contribution in [-0.4, -0.2) is 24.4 Å². The van der Waals surface area contributed by atoms with Gasteiger partial charge >= 0.3 is 0 Å². The first-order valence-corrected chi connectivity index (χ1v) is 8.43. The van der Waals surface area contributed by atoms with E-state index in [9.17, 15) is 4.79 Å². The Morgan fingerprint density at radius 1 is 0.958 bits per heavy atom. The molecule has 0 aliphatic rings. The van der Waals surface area contributed by atoms with Gasteiger partial charge in [0, 0.05) is 13.1 Å². The van der Waals surface area contributed by atoms with Crippen molar-refractivity contribution in [2.45, 2.75) is 39.3 Å². The van der Waals surface area contributed by atoms with Crippen LogP contribution in [0.25, 0.3) is 0 Å². The molecule has 0 aromatic heterocycles. The van der Waals surface area contributed by atoms with E-state index in [1.54, 1.807) is 0 Å². The predicted molar refractivity (Wildman–Crippen MR) is 99.8 cm³/mol. The van der Waals surface area contributed by atoms with E-state index in [-0.39, 0.29) is 11.3 Å². The van der Waals surface area contributed by atoms with Crippen molar-refractivity contribution >= 4 is 5.91 Å². The summed E-state index contributed by atoms with van der Waals surface area (Å²) in [6.07, 6.45) is 0. The number of hydrogen-bond donors (Lipinski definition) is 1. The van der Waals surface area contributed by atoms with Gasteiger partial charge in [0.1, 0.15) is 0 Å². The second kappa shape index (κ2) is 8.11. The van der Waals surface area contributed by atoms with Gasteiger partial charge in [-0.2, -0.15) is 0 Å². The Labute approximate surface area is 145 Å². The van der Waals surface area contributed by atoms with E-state index in [2.05, 4.69) is 50.4 Å². The molecule has 0 bridgehead atoms. The molecule has 0 radical (unpaired) electrons. The number of carbonyl (C=O) groups is 1. The van der Waals surface area contributed by atoms with Crippen molar-refractivity contribution in [3.05, 3.63) is 71.3 Å². The largest absolute Gasteiger partial charge is 0.351 e. The summed E-state index contributed by atoms with van der Waals surface area (Å²) in [4.78, 5) is 14.1. The molecule has 3 heteroatoms. The van der Waals surface area contributed by atoms with Gasteiger partial charge in [0.2, 0.25) is 5.91 Å². The van der Waals surface area contributed by atoms with Crippen LogP contribution in [0.3, 0.4) is 0 Å². The van der Waals surface area contributed by atoms with Crippen molar-refractivity contribution in [2.24, 2.45) is 0 Å². The Morgan fingerprint density at radius 3 is 2.17 bits per heavy atom. The minimum Gasteiger partial charge on any atom is -0.351 e. The summed E-state index contributed by atoms with van der Waals surface area (Å²) in [5, 5.41) is 2.96. The third-order valence-electron chi connectivity index (χ3n) is 4.02. The smallest absolute Gasteiger partial charge is 0.234 e. The minimum absolute atomic E-state index is 0.0488. The Bertz CT molecular complexity index is 642.